The van der Waals surface area contributed by atoms with Crippen molar-refractivity contribution in [2.24, 2.45) is 12.1 Å². The average Bonchev–Trinajstić information content (AvgIpc) is 2.60. The van der Waals surface area contributed by atoms with E-state index >= 15 is 0 Å². The predicted octanol–water partition coefficient (Wildman–Crippen LogP) is 2.31. The van der Waals surface area contributed by atoms with E-state index < -0.39 is 5.91 Å². The van der Waals surface area contributed by atoms with Gasteiger partial charge in [0.15, 0.2) is 5.69 Å². The fraction of sp³-hybridized carbons (Fsp3) is 0.158. The number of aromatic nitrogens is 2. The Balaban J connectivity index is 1.89. The average molecular weight is 334 g/mol. The molecule has 1 aromatic heterocycles. The Morgan fingerprint density at radius 2 is 1.88 bits per heavy atom. The van der Waals surface area contributed by atoms with Crippen molar-refractivity contribution < 1.29 is 4.79 Å². The van der Waals surface area contributed by atoms with Gasteiger partial charge in [0.2, 0.25) is 0 Å². The first-order chi connectivity index (χ1) is 12.0. The number of carbonyl (C=O) groups is 1. The molecule has 2 aromatic carbocycles. The molecule has 6 heteroatoms. The van der Waals surface area contributed by atoms with Crippen molar-refractivity contribution in [3.05, 3.63) is 75.2 Å². The lowest BCUT2D eigenvalue weighted by molar-refractivity contribution is 0.0950. The van der Waals surface area contributed by atoms with Crippen LogP contribution in [0.3, 0.4) is 0 Å². The van der Waals surface area contributed by atoms with Gasteiger partial charge >= 0.3 is 0 Å². The lowest BCUT2D eigenvalue weighted by atomic mass is 10.1. The van der Waals surface area contributed by atoms with Gasteiger partial charge < -0.3 is 0 Å². The van der Waals surface area contributed by atoms with E-state index in [4.69, 9.17) is 0 Å². The maximum Gasteiger partial charge on any atom is 0.292 e. The van der Waals surface area contributed by atoms with Crippen LogP contribution in [0.5, 0.6) is 0 Å². The molecule has 0 unspecified atom stereocenters. The van der Waals surface area contributed by atoms with Crippen LogP contribution in [-0.2, 0) is 7.05 Å². The first kappa shape index (κ1) is 16.6. The Labute approximate surface area is 144 Å². The molecule has 1 heterocycles. The van der Waals surface area contributed by atoms with Gasteiger partial charge in [0.05, 0.1) is 11.6 Å². The summed E-state index contributed by atoms with van der Waals surface area (Å²) < 4.78 is 1.16. The van der Waals surface area contributed by atoms with Gasteiger partial charge in [0.1, 0.15) is 0 Å². The summed E-state index contributed by atoms with van der Waals surface area (Å²) in [6.07, 6.45) is 1.59. The zero-order valence-electron chi connectivity index (χ0n) is 14.3. The summed E-state index contributed by atoms with van der Waals surface area (Å²) in [4.78, 5) is 24.6. The summed E-state index contributed by atoms with van der Waals surface area (Å²) in [5, 5.41) is 9.04. The van der Waals surface area contributed by atoms with Crippen molar-refractivity contribution in [2.75, 3.05) is 0 Å². The first-order valence-corrected chi connectivity index (χ1v) is 7.84. The van der Waals surface area contributed by atoms with Crippen LogP contribution in [0, 0.1) is 13.8 Å². The Kier molecular flexibility index (Phi) is 4.43. The van der Waals surface area contributed by atoms with Gasteiger partial charge in [0, 0.05) is 12.4 Å². The molecule has 1 N–H and O–H groups in total. The van der Waals surface area contributed by atoms with Crippen LogP contribution in [0.4, 0.5) is 0 Å². The van der Waals surface area contributed by atoms with Gasteiger partial charge in [-0.3, -0.25) is 9.59 Å². The molecule has 6 nitrogen and oxygen atoms in total. The fourth-order valence-corrected chi connectivity index (χ4v) is 2.65. The van der Waals surface area contributed by atoms with E-state index in [2.05, 4.69) is 15.6 Å². The van der Waals surface area contributed by atoms with E-state index in [0.29, 0.717) is 10.8 Å². The second-order valence-corrected chi connectivity index (χ2v) is 5.88. The standard InChI is InChI=1S/C19H18N4O2/c1-12-8-9-14(13(2)10-12)11-20-21-18(24)17-15-6-4-5-7-16(15)19(25)23(3)22-17/h4-11H,1-3H3,(H,21,24)/b20-11-. The molecule has 0 saturated carbocycles. The fourth-order valence-electron chi connectivity index (χ4n) is 2.65. The number of nitrogens with one attached hydrogen (secondary N) is 1. The lowest BCUT2D eigenvalue weighted by Gasteiger charge is -2.06. The molecule has 1 amide bonds. The quantitative estimate of drug-likeness (QED) is 0.590. The number of rotatable bonds is 3. The second-order valence-electron chi connectivity index (χ2n) is 5.88. The zero-order chi connectivity index (χ0) is 18.0. The number of nitrogens with zero attached hydrogens (tertiary/aromatic N) is 3. The minimum Gasteiger partial charge on any atom is -0.267 e. The number of aryl methyl sites for hydroxylation is 3. The summed E-state index contributed by atoms with van der Waals surface area (Å²) in [5.41, 5.74) is 5.56. The van der Waals surface area contributed by atoms with Crippen molar-refractivity contribution >= 4 is 22.9 Å². The van der Waals surface area contributed by atoms with Crippen molar-refractivity contribution in [3.63, 3.8) is 0 Å². The minimum absolute atomic E-state index is 0.162. The molecule has 0 spiro atoms. The third kappa shape index (κ3) is 3.33. The van der Waals surface area contributed by atoms with Crippen LogP contribution in [0.2, 0.25) is 0 Å². The van der Waals surface area contributed by atoms with Crippen LogP contribution in [0.1, 0.15) is 27.2 Å². The van der Waals surface area contributed by atoms with Gasteiger partial charge in [-0.15, -0.1) is 0 Å². The SMILES string of the molecule is Cc1ccc(/C=N\NC(=O)c2nn(C)c(=O)c3ccccc23)c(C)c1. The largest absolute Gasteiger partial charge is 0.292 e. The Morgan fingerprint density at radius 1 is 1.16 bits per heavy atom. The van der Waals surface area contributed by atoms with Gasteiger partial charge in [-0.1, -0.05) is 42.0 Å². The molecule has 3 rings (SSSR count). The highest BCUT2D eigenvalue weighted by molar-refractivity contribution is 6.04. The normalized spacial score (nSPS) is 11.2. The number of hydrazone groups is 1. The predicted molar refractivity (Wildman–Crippen MR) is 98.0 cm³/mol. The van der Waals surface area contributed by atoms with Crippen LogP contribution in [0.15, 0.2) is 52.4 Å². The van der Waals surface area contributed by atoms with Crippen molar-refractivity contribution in [1.82, 2.24) is 15.2 Å². The van der Waals surface area contributed by atoms with E-state index in [1.807, 2.05) is 32.0 Å². The third-order valence-corrected chi connectivity index (χ3v) is 3.97. The highest BCUT2D eigenvalue weighted by Gasteiger charge is 2.14. The first-order valence-electron chi connectivity index (χ1n) is 7.84. The van der Waals surface area contributed by atoms with Crippen LogP contribution in [-0.4, -0.2) is 21.9 Å². The van der Waals surface area contributed by atoms with E-state index in [1.165, 1.54) is 12.6 Å². The highest BCUT2D eigenvalue weighted by Crippen LogP contribution is 2.13. The molecular weight excluding hydrogens is 316 g/mol. The van der Waals surface area contributed by atoms with Gasteiger partial charge in [-0.25, -0.2) is 10.1 Å². The van der Waals surface area contributed by atoms with E-state index in [1.54, 1.807) is 30.5 Å². The summed E-state index contributed by atoms with van der Waals surface area (Å²) in [6, 6.07) is 12.9. The van der Waals surface area contributed by atoms with Gasteiger partial charge in [-0.2, -0.15) is 10.2 Å². The van der Waals surface area contributed by atoms with Gasteiger partial charge in [0.25, 0.3) is 11.5 Å². The Morgan fingerprint density at radius 3 is 2.60 bits per heavy atom. The monoisotopic (exact) mass is 334 g/mol. The Bertz CT molecular complexity index is 1050. The smallest absolute Gasteiger partial charge is 0.267 e. The molecule has 0 bridgehead atoms. The third-order valence-electron chi connectivity index (χ3n) is 3.97. The number of hydrogen-bond acceptors (Lipinski definition) is 4. The zero-order valence-corrected chi connectivity index (χ0v) is 14.3. The topological polar surface area (TPSA) is 76.3 Å². The summed E-state index contributed by atoms with van der Waals surface area (Å²) in [6.45, 7) is 4.00. The molecule has 0 radical (unpaired) electrons. The number of amides is 1. The minimum atomic E-state index is -0.465. The maximum atomic E-state index is 12.4. The van der Waals surface area contributed by atoms with Crippen molar-refractivity contribution in [3.8, 4) is 0 Å². The van der Waals surface area contributed by atoms with Crippen LogP contribution in [0.25, 0.3) is 10.8 Å². The molecule has 0 saturated heterocycles. The van der Waals surface area contributed by atoms with Crippen LogP contribution >= 0.6 is 0 Å². The molecule has 0 fully saturated rings. The molecule has 126 valence electrons. The molecule has 0 atom stereocenters. The van der Waals surface area contributed by atoms with E-state index in [0.717, 1.165) is 15.8 Å². The molecule has 3 aromatic rings. The van der Waals surface area contributed by atoms with Crippen LogP contribution < -0.4 is 11.0 Å². The van der Waals surface area contributed by atoms with Crippen molar-refractivity contribution in [2.45, 2.75) is 13.8 Å². The molecular formula is C19H18N4O2. The summed E-state index contributed by atoms with van der Waals surface area (Å²) >= 11 is 0. The molecule has 0 aliphatic rings. The number of carbonyl (C=O) groups excluding carboxylic acids is 1. The molecule has 0 aliphatic carbocycles. The van der Waals surface area contributed by atoms with Gasteiger partial charge in [-0.05, 0) is 31.0 Å². The maximum absolute atomic E-state index is 12.4. The lowest BCUT2D eigenvalue weighted by Crippen LogP contribution is -2.27. The molecule has 25 heavy (non-hydrogen) atoms. The van der Waals surface area contributed by atoms with E-state index in [-0.39, 0.29) is 11.3 Å². The number of fused-ring (bicyclic) bond motifs is 1. The van der Waals surface area contributed by atoms with Crippen molar-refractivity contribution in [1.29, 1.82) is 0 Å². The highest BCUT2D eigenvalue weighted by atomic mass is 16.2. The number of benzene rings is 2. The number of hydrogen-bond donors (Lipinski definition) is 1. The Hall–Kier alpha value is -3.28. The summed E-state index contributed by atoms with van der Waals surface area (Å²) in [7, 11) is 1.52. The van der Waals surface area contributed by atoms with E-state index in [9.17, 15) is 9.59 Å². The second kappa shape index (κ2) is 6.68. The summed E-state index contributed by atoms with van der Waals surface area (Å²) in [5.74, 6) is -0.465. The molecule has 0 aliphatic heterocycles.